The lowest BCUT2D eigenvalue weighted by molar-refractivity contribution is -0.119. The standard InChI is InChI=1S/C18H26N4O/c1-13(17(19)23)14-6-8-15(9-7-14)18(2,3)22-10-4-5-16-20-11-12-21-16/h6-9,11-13,22H,4-5,10H2,1-3H3,(H2,19,23)(H,20,21). The molecule has 0 aliphatic heterocycles. The summed E-state index contributed by atoms with van der Waals surface area (Å²) in [6, 6.07) is 8.09. The van der Waals surface area contributed by atoms with Gasteiger partial charge in [-0.15, -0.1) is 0 Å². The maximum Gasteiger partial charge on any atom is 0.224 e. The Morgan fingerprint density at radius 3 is 2.61 bits per heavy atom. The molecule has 0 aliphatic rings. The maximum absolute atomic E-state index is 11.3. The van der Waals surface area contributed by atoms with Gasteiger partial charge in [-0.3, -0.25) is 4.79 Å². The smallest absolute Gasteiger partial charge is 0.224 e. The van der Waals surface area contributed by atoms with Crippen molar-refractivity contribution in [3.05, 3.63) is 53.6 Å². The zero-order chi connectivity index (χ0) is 16.9. The van der Waals surface area contributed by atoms with Gasteiger partial charge in [0.25, 0.3) is 0 Å². The third-order valence-electron chi connectivity index (χ3n) is 4.27. The molecular weight excluding hydrogens is 288 g/mol. The molecular formula is C18H26N4O. The van der Waals surface area contributed by atoms with Crippen molar-refractivity contribution in [2.45, 2.75) is 45.1 Å². The van der Waals surface area contributed by atoms with E-state index in [9.17, 15) is 4.79 Å². The first-order valence-electron chi connectivity index (χ1n) is 8.03. The highest BCUT2D eigenvalue weighted by Crippen LogP contribution is 2.23. The third kappa shape index (κ3) is 4.66. The zero-order valence-corrected chi connectivity index (χ0v) is 14.1. The molecule has 1 unspecified atom stereocenters. The van der Waals surface area contributed by atoms with E-state index in [1.807, 2.05) is 25.3 Å². The number of nitrogens with two attached hydrogens (primary N) is 1. The minimum absolute atomic E-state index is 0.127. The number of H-pyrrole nitrogens is 1. The third-order valence-corrected chi connectivity index (χ3v) is 4.27. The second-order valence-electron chi connectivity index (χ2n) is 6.44. The second kappa shape index (κ2) is 7.42. The molecule has 1 aromatic heterocycles. The van der Waals surface area contributed by atoms with Crippen LogP contribution in [-0.2, 0) is 16.8 Å². The molecule has 1 aromatic carbocycles. The number of primary amides is 1. The van der Waals surface area contributed by atoms with Crippen LogP contribution in [0.15, 0.2) is 36.7 Å². The fraction of sp³-hybridized carbons (Fsp3) is 0.444. The van der Waals surface area contributed by atoms with Crippen LogP contribution in [0.5, 0.6) is 0 Å². The van der Waals surface area contributed by atoms with Gasteiger partial charge in [-0.2, -0.15) is 0 Å². The molecule has 0 fully saturated rings. The average molecular weight is 314 g/mol. The van der Waals surface area contributed by atoms with Crippen molar-refractivity contribution in [2.75, 3.05) is 6.54 Å². The quantitative estimate of drug-likeness (QED) is 0.654. The summed E-state index contributed by atoms with van der Waals surface area (Å²) in [5, 5.41) is 3.58. The summed E-state index contributed by atoms with van der Waals surface area (Å²) in [7, 11) is 0. The lowest BCUT2D eigenvalue weighted by Gasteiger charge is -2.27. The number of nitrogens with one attached hydrogen (secondary N) is 2. The van der Waals surface area contributed by atoms with Crippen LogP contribution in [0.3, 0.4) is 0 Å². The van der Waals surface area contributed by atoms with Crippen LogP contribution in [0.1, 0.15) is 50.1 Å². The van der Waals surface area contributed by atoms with E-state index in [4.69, 9.17) is 5.73 Å². The fourth-order valence-electron chi connectivity index (χ4n) is 2.55. The Morgan fingerprint density at radius 2 is 2.04 bits per heavy atom. The van der Waals surface area contributed by atoms with E-state index >= 15 is 0 Å². The Hall–Kier alpha value is -2.14. The lowest BCUT2D eigenvalue weighted by Crippen LogP contribution is -2.37. The number of aryl methyl sites for hydroxylation is 1. The van der Waals surface area contributed by atoms with Crippen LogP contribution in [0.2, 0.25) is 0 Å². The van der Waals surface area contributed by atoms with Gasteiger partial charge in [-0.25, -0.2) is 4.98 Å². The highest BCUT2D eigenvalue weighted by Gasteiger charge is 2.20. The SMILES string of the molecule is CC(C(N)=O)c1ccc(C(C)(C)NCCCc2ncc[nH]2)cc1. The highest BCUT2D eigenvalue weighted by molar-refractivity contribution is 5.81. The number of rotatable bonds is 8. The lowest BCUT2D eigenvalue weighted by atomic mass is 9.91. The number of imidazole rings is 1. The molecule has 2 aromatic rings. The summed E-state index contributed by atoms with van der Waals surface area (Å²) >= 11 is 0. The fourth-order valence-corrected chi connectivity index (χ4v) is 2.55. The summed E-state index contributed by atoms with van der Waals surface area (Å²) in [6.07, 6.45) is 5.58. The number of hydrogen-bond donors (Lipinski definition) is 3. The molecule has 0 radical (unpaired) electrons. The number of aromatic amines is 1. The van der Waals surface area contributed by atoms with E-state index in [2.05, 4.69) is 41.3 Å². The second-order valence-corrected chi connectivity index (χ2v) is 6.44. The first kappa shape index (κ1) is 17.2. The van der Waals surface area contributed by atoms with Crippen molar-refractivity contribution >= 4 is 5.91 Å². The Labute approximate surface area is 137 Å². The zero-order valence-electron chi connectivity index (χ0n) is 14.1. The van der Waals surface area contributed by atoms with E-state index in [0.29, 0.717) is 0 Å². The van der Waals surface area contributed by atoms with Crippen molar-refractivity contribution in [3.63, 3.8) is 0 Å². The maximum atomic E-state index is 11.3. The minimum atomic E-state index is -0.298. The molecule has 2 rings (SSSR count). The first-order valence-corrected chi connectivity index (χ1v) is 8.03. The summed E-state index contributed by atoms with van der Waals surface area (Å²) < 4.78 is 0. The molecule has 23 heavy (non-hydrogen) atoms. The molecule has 1 amide bonds. The molecule has 5 heteroatoms. The summed E-state index contributed by atoms with van der Waals surface area (Å²) in [5.74, 6) is 0.468. The summed E-state index contributed by atoms with van der Waals surface area (Å²) in [5.41, 5.74) is 7.37. The highest BCUT2D eigenvalue weighted by atomic mass is 16.1. The molecule has 0 aliphatic carbocycles. The Balaban J connectivity index is 1.89. The molecule has 4 N–H and O–H groups in total. The molecule has 0 bridgehead atoms. The van der Waals surface area contributed by atoms with E-state index in [-0.39, 0.29) is 17.4 Å². The first-order chi connectivity index (χ1) is 10.9. The Bertz CT molecular complexity index is 617. The van der Waals surface area contributed by atoms with Gasteiger partial charge in [0, 0.05) is 24.4 Å². The van der Waals surface area contributed by atoms with Crippen LogP contribution in [0, 0.1) is 0 Å². The average Bonchev–Trinajstić information content (AvgIpc) is 3.04. The number of benzene rings is 1. The van der Waals surface area contributed by atoms with Crippen molar-refractivity contribution in [3.8, 4) is 0 Å². The Kier molecular flexibility index (Phi) is 5.55. The van der Waals surface area contributed by atoms with Gasteiger partial charge < -0.3 is 16.0 Å². The number of carbonyl (C=O) groups is 1. The number of hydrogen-bond acceptors (Lipinski definition) is 3. The van der Waals surface area contributed by atoms with Crippen molar-refractivity contribution in [1.82, 2.24) is 15.3 Å². The van der Waals surface area contributed by atoms with Crippen LogP contribution in [-0.4, -0.2) is 22.4 Å². The van der Waals surface area contributed by atoms with Gasteiger partial charge in [-0.1, -0.05) is 24.3 Å². The molecule has 0 saturated carbocycles. The van der Waals surface area contributed by atoms with Crippen LogP contribution < -0.4 is 11.1 Å². The number of nitrogens with zero attached hydrogens (tertiary/aromatic N) is 1. The van der Waals surface area contributed by atoms with Crippen LogP contribution in [0.25, 0.3) is 0 Å². The number of aromatic nitrogens is 2. The van der Waals surface area contributed by atoms with Crippen LogP contribution >= 0.6 is 0 Å². The summed E-state index contributed by atoms with van der Waals surface area (Å²) in [4.78, 5) is 18.6. The molecule has 0 saturated heterocycles. The van der Waals surface area contributed by atoms with E-state index in [0.717, 1.165) is 30.8 Å². The monoisotopic (exact) mass is 314 g/mol. The normalized spacial score (nSPS) is 13.0. The molecule has 1 atom stereocenters. The molecule has 124 valence electrons. The van der Waals surface area contributed by atoms with Crippen LogP contribution in [0.4, 0.5) is 0 Å². The van der Waals surface area contributed by atoms with Gasteiger partial charge in [-0.05, 0) is 44.9 Å². The largest absolute Gasteiger partial charge is 0.369 e. The van der Waals surface area contributed by atoms with Crippen molar-refractivity contribution in [2.24, 2.45) is 5.73 Å². The predicted molar refractivity (Wildman–Crippen MR) is 92.0 cm³/mol. The minimum Gasteiger partial charge on any atom is -0.369 e. The molecule has 0 spiro atoms. The topological polar surface area (TPSA) is 83.8 Å². The number of amides is 1. The van der Waals surface area contributed by atoms with Gasteiger partial charge in [0.05, 0.1) is 5.92 Å². The van der Waals surface area contributed by atoms with E-state index in [1.54, 1.807) is 6.20 Å². The van der Waals surface area contributed by atoms with Gasteiger partial charge in [0.2, 0.25) is 5.91 Å². The van der Waals surface area contributed by atoms with Crippen molar-refractivity contribution in [1.29, 1.82) is 0 Å². The van der Waals surface area contributed by atoms with Gasteiger partial charge >= 0.3 is 0 Å². The Morgan fingerprint density at radius 1 is 1.35 bits per heavy atom. The summed E-state index contributed by atoms with van der Waals surface area (Å²) in [6.45, 7) is 7.06. The van der Waals surface area contributed by atoms with Crippen molar-refractivity contribution < 1.29 is 4.79 Å². The predicted octanol–water partition coefficient (Wildman–Crippen LogP) is 2.46. The van der Waals surface area contributed by atoms with E-state index < -0.39 is 0 Å². The number of carbonyl (C=O) groups excluding carboxylic acids is 1. The molecule has 1 heterocycles. The van der Waals surface area contributed by atoms with Gasteiger partial charge in [0.1, 0.15) is 5.82 Å². The van der Waals surface area contributed by atoms with Gasteiger partial charge in [0.15, 0.2) is 0 Å². The molecule has 5 nitrogen and oxygen atoms in total. The van der Waals surface area contributed by atoms with E-state index in [1.165, 1.54) is 5.56 Å².